The van der Waals surface area contributed by atoms with Gasteiger partial charge in [-0.25, -0.2) is 4.39 Å². The maximum absolute atomic E-state index is 13.1. The number of hydrogen-bond acceptors (Lipinski definition) is 1. The molecule has 0 bridgehead atoms. The van der Waals surface area contributed by atoms with Crippen molar-refractivity contribution >= 4 is 0 Å². The van der Waals surface area contributed by atoms with Crippen molar-refractivity contribution in [3.05, 3.63) is 71.0 Å². The van der Waals surface area contributed by atoms with Crippen LogP contribution in [0.25, 0.3) is 0 Å². The number of nitrogens with one attached hydrogen (secondary N) is 1. The zero-order chi connectivity index (χ0) is 14.7. The molecule has 0 heterocycles. The topological polar surface area (TPSA) is 12.0 Å². The summed E-state index contributed by atoms with van der Waals surface area (Å²) in [5, 5.41) is 3.58. The molecule has 3 rings (SSSR count). The van der Waals surface area contributed by atoms with Crippen molar-refractivity contribution in [1.29, 1.82) is 0 Å². The van der Waals surface area contributed by atoms with Gasteiger partial charge in [0.05, 0.1) is 0 Å². The van der Waals surface area contributed by atoms with Gasteiger partial charge in [0, 0.05) is 6.04 Å². The molecule has 1 aliphatic carbocycles. The molecular weight excluding hydrogens is 261 g/mol. The Balaban J connectivity index is 1.42. The summed E-state index contributed by atoms with van der Waals surface area (Å²) in [6.07, 6.45) is 3.32. The Morgan fingerprint density at radius 2 is 1.90 bits per heavy atom. The molecular formula is C19H22FN. The second kappa shape index (κ2) is 6.40. The summed E-state index contributed by atoms with van der Waals surface area (Å²) in [7, 11) is 0. The van der Waals surface area contributed by atoms with Crippen LogP contribution in [0.3, 0.4) is 0 Å². The lowest BCUT2D eigenvalue weighted by molar-refractivity contribution is 0.292. The second-order valence-electron chi connectivity index (χ2n) is 6.06. The average Bonchev–Trinajstić information content (AvgIpc) is 2.43. The summed E-state index contributed by atoms with van der Waals surface area (Å²) < 4.78 is 13.1. The Morgan fingerprint density at radius 3 is 2.67 bits per heavy atom. The van der Waals surface area contributed by atoms with E-state index >= 15 is 0 Å². The first-order valence-electron chi connectivity index (χ1n) is 7.76. The highest BCUT2D eigenvalue weighted by atomic mass is 19.1. The molecule has 0 atom stereocenters. The van der Waals surface area contributed by atoms with Crippen LogP contribution in [0, 0.1) is 12.7 Å². The van der Waals surface area contributed by atoms with E-state index in [1.807, 2.05) is 6.07 Å². The molecule has 2 aromatic rings. The summed E-state index contributed by atoms with van der Waals surface area (Å²) in [6.45, 7) is 3.12. The smallest absolute Gasteiger partial charge is 0.123 e. The zero-order valence-electron chi connectivity index (χ0n) is 12.5. The summed E-state index contributed by atoms with van der Waals surface area (Å²) in [4.78, 5) is 0. The van der Waals surface area contributed by atoms with Gasteiger partial charge in [0.1, 0.15) is 5.82 Å². The van der Waals surface area contributed by atoms with E-state index in [4.69, 9.17) is 0 Å². The summed E-state index contributed by atoms with van der Waals surface area (Å²) >= 11 is 0. The van der Waals surface area contributed by atoms with Gasteiger partial charge in [-0.1, -0.05) is 36.4 Å². The fraction of sp³-hybridized carbons (Fsp3) is 0.368. The number of benzene rings is 2. The first-order chi connectivity index (χ1) is 10.2. The third-order valence-corrected chi connectivity index (χ3v) is 4.50. The summed E-state index contributed by atoms with van der Waals surface area (Å²) in [6, 6.07) is 16.2. The fourth-order valence-corrected chi connectivity index (χ4v) is 3.20. The summed E-state index contributed by atoms with van der Waals surface area (Å²) in [5.74, 6) is 0.564. The highest BCUT2D eigenvalue weighted by molar-refractivity contribution is 5.31. The van der Waals surface area contributed by atoms with Crippen molar-refractivity contribution in [2.75, 3.05) is 6.54 Å². The largest absolute Gasteiger partial charge is 0.314 e. The monoisotopic (exact) mass is 283 g/mol. The van der Waals surface area contributed by atoms with E-state index < -0.39 is 0 Å². The number of rotatable bonds is 5. The number of hydrogen-bond donors (Lipinski definition) is 1. The Kier molecular flexibility index (Phi) is 4.35. The van der Waals surface area contributed by atoms with E-state index in [1.54, 1.807) is 12.1 Å². The first-order valence-corrected chi connectivity index (χ1v) is 7.76. The molecule has 110 valence electrons. The highest BCUT2D eigenvalue weighted by Crippen LogP contribution is 2.38. The minimum absolute atomic E-state index is 0.143. The molecule has 2 aromatic carbocycles. The quantitative estimate of drug-likeness (QED) is 0.866. The predicted molar refractivity (Wildman–Crippen MR) is 85.0 cm³/mol. The number of aryl methyl sites for hydroxylation is 1. The van der Waals surface area contributed by atoms with Gasteiger partial charge in [-0.3, -0.25) is 0 Å². The Hall–Kier alpha value is -1.67. The number of halogens is 1. The van der Waals surface area contributed by atoms with Crippen molar-refractivity contribution in [3.8, 4) is 0 Å². The van der Waals surface area contributed by atoms with Gasteiger partial charge in [-0.15, -0.1) is 0 Å². The van der Waals surface area contributed by atoms with E-state index in [-0.39, 0.29) is 5.82 Å². The van der Waals surface area contributed by atoms with Crippen LogP contribution in [0.5, 0.6) is 0 Å². The second-order valence-corrected chi connectivity index (χ2v) is 6.06. The van der Waals surface area contributed by atoms with Crippen molar-refractivity contribution in [2.45, 2.75) is 38.1 Å². The minimum Gasteiger partial charge on any atom is -0.314 e. The molecule has 1 nitrogen and oxygen atoms in total. The average molecular weight is 283 g/mol. The minimum atomic E-state index is -0.143. The third-order valence-electron chi connectivity index (χ3n) is 4.50. The van der Waals surface area contributed by atoms with Crippen LogP contribution in [0.15, 0.2) is 48.5 Å². The van der Waals surface area contributed by atoms with E-state index in [9.17, 15) is 4.39 Å². The molecule has 0 saturated heterocycles. The first kappa shape index (κ1) is 14.3. The maximum Gasteiger partial charge on any atom is 0.123 e. The van der Waals surface area contributed by atoms with Gasteiger partial charge in [-0.2, -0.15) is 0 Å². The van der Waals surface area contributed by atoms with Crippen LogP contribution in [-0.4, -0.2) is 12.6 Å². The molecule has 1 fully saturated rings. The van der Waals surface area contributed by atoms with Crippen molar-refractivity contribution in [2.24, 2.45) is 0 Å². The van der Waals surface area contributed by atoms with Gasteiger partial charge < -0.3 is 5.32 Å². The van der Waals surface area contributed by atoms with E-state index in [0.717, 1.165) is 18.5 Å². The molecule has 0 radical (unpaired) electrons. The molecule has 1 saturated carbocycles. The molecule has 0 amide bonds. The Labute approximate surface area is 126 Å². The van der Waals surface area contributed by atoms with E-state index in [1.165, 1.54) is 30.0 Å². The van der Waals surface area contributed by atoms with Gasteiger partial charge in [0.15, 0.2) is 0 Å². The SMILES string of the molecule is Cc1ccccc1C1CC(NCCc2cccc(F)c2)C1. The van der Waals surface area contributed by atoms with E-state index in [0.29, 0.717) is 12.0 Å². The van der Waals surface area contributed by atoms with Crippen LogP contribution in [0.1, 0.15) is 35.4 Å². The molecule has 21 heavy (non-hydrogen) atoms. The van der Waals surface area contributed by atoms with Crippen LogP contribution in [0.2, 0.25) is 0 Å². The van der Waals surface area contributed by atoms with Crippen LogP contribution < -0.4 is 5.32 Å². The normalized spacial score (nSPS) is 21.0. The molecule has 0 aromatic heterocycles. The molecule has 2 heteroatoms. The lowest BCUT2D eigenvalue weighted by Crippen LogP contribution is -2.41. The lowest BCUT2D eigenvalue weighted by Gasteiger charge is -2.37. The Morgan fingerprint density at radius 1 is 1.10 bits per heavy atom. The van der Waals surface area contributed by atoms with Crippen molar-refractivity contribution in [1.82, 2.24) is 5.32 Å². The van der Waals surface area contributed by atoms with E-state index in [2.05, 4.69) is 36.5 Å². The molecule has 0 spiro atoms. The highest BCUT2D eigenvalue weighted by Gasteiger charge is 2.30. The van der Waals surface area contributed by atoms with Gasteiger partial charge >= 0.3 is 0 Å². The van der Waals surface area contributed by atoms with Crippen LogP contribution in [-0.2, 0) is 6.42 Å². The molecule has 1 aliphatic rings. The summed E-state index contributed by atoms with van der Waals surface area (Å²) in [5.41, 5.74) is 3.97. The predicted octanol–water partition coefficient (Wildman–Crippen LogP) is 4.21. The van der Waals surface area contributed by atoms with Crippen LogP contribution >= 0.6 is 0 Å². The van der Waals surface area contributed by atoms with Gasteiger partial charge in [0.2, 0.25) is 0 Å². The van der Waals surface area contributed by atoms with Crippen LogP contribution in [0.4, 0.5) is 4.39 Å². The Bertz CT molecular complexity index is 602. The molecule has 0 unspecified atom stereocenters. The maximum atomic E-state index is 13.1. The fourth-order valence-electron chi connectivity index (χ4n) is 3.20. The van der Waals surface area contributed by atoms with Crippen molar-refractivity contribution < 1.29 is 4.39 Å². The lowest BCUT2D eigenvalue weighted by atomic mass is 9.74. The molecule has 0 aliphatic heterocycles. The standard InChI is InChI=1S/C19H22FN/c1-14-5-2-3-8-19(14)16-12-18(13-16)21-10-9-15-6-4-7-17(20)11-15/h2-8,11,16,18,21H,9-10,12-13H2,1H3. The third kappa shape index (κ3) is 3.51. The van der Waals surface area contributed by atoms with Gasteiger partial charge in [-0.05, 0) is 67.5 Å². The molecule has 1 N–H and O–H groups in total. The van der Waals surface area contributed by atoms with Gasteiger partial charge in [0.25, 0.3) is 0 Å². The van der Waals surface area contributed by atoms with Crippen molar-refractivity contribution in [3.63, 3.8) is 0 Å². The zero-order valence-corrected chi connectivity index (χ0v) is 12.5.